The SMILES string of the molecule is Clc1ccc([C@H]2CC(c3cccs3)=NN2c2ccc(Br)cc2)c(Cl)c1. The van der Waals surface area contributed by atoms with Gasteiger partial charge in [0.1, 0.15) is 0 Å². The smallest absolute Gasteiger partial charge is 0.0846 e. The Morgan fingerprint density at radius 1 is 1.08 bits per heavy atom. The second-order valence-corrected chi connectivity index (χ2v) is 8.44. The number of hydrazone groups is 1. The van der Waals surface area contributed by atoms with Crippen LogP contribution in [0.15, 0.2) is 69.6 Å². The molecule has 6 heteroatoms. The molecule has 4 rings (SSSR count). The number of hydrogen-bond acceptors (Lipinski definition) is 3. The van der Waals surface area contributed by atoms with Gasteiger partial charge in [0.05, 0.1) is 22.3 Å². The molecule has 1 aliphatic rings. The number of anilines is 1. The van der Waals surface area contributed by atoms with Gasteiger partial charge in [-0.2, -0.15) is 5.10 Å². The fourth-order valence-electron chi connectivity index (χ4n) is 2.95. The fourth-order valence-corrected chi connectivity index (χ4v) is 4.47. The molecule has 25 heavy (non-hydrogen) atoms. The average molecular weight is 452 g/mol. The molecule has 0 unspecified atom stereocenters. The molecule has 1 aromatic heterocycles. The van der Waals surface area contributed by atoms with Crippen molar-refractivity contribution in [3.8, 4) is 0 Å². The van der Waals surface area contributed by atoms with Crippen LogP contribution in [-0.2, 0) is 0 Å². The highest BCUT2D eigenvalue weighted by atomic mass is 79.9. The van der Waals surface area contributed by atoms with E-state index in [1.54, 1.807) is 17.4 Å². The minimum Gasteiger partial charge on any atom is -0.257 e. The van der Waals surface area contributed by atoms with Crippen LogP contribution in [-0.4, -0.2) is 5.71 Å². The molecule has 0 saturated carbocycles. The maximum Gasteiger partial charge on any atom is 0.0846 e. The molecule has 1 aliphatic heterocycles. The van der Waals surface area contributed by atoms with E-state index in [0.29, 0.717) is 10.0 Å². The molecule has 0 N–H and O–H groups in total. The van der Waals surface area contributed by atoms with Gasteiger partial charge in [-0.3, -0.25) is 5.01 Å². The molecule has 0 aliphatic carbocycles. The van der Waals surface area contributed by atoms with Crippen molar-refractivity contribution in [2.45, 2.75) is 12.5 Å². The van der Waals surface area contributed by atoms with Crippen molar-refractivity contribution in [3.05, 3.63) is 84.9 Å². The number of nitrogens with zero attached hydrogens (tertiary/aromatic N) is 2. The Kier molecular flexibility index (Phi) is 4.87. The van der Waals surface area contributed by atoms with E-state index in [2.05, 4.69) is 50.6 Å². The van der Waals surface area contributed by atoms with Crippen LogP contribution >= 0.6 is 50.5 Å². The van der Waals surface area contributed by atoms with Gasteiger partial charge in [0.2, 0.25) is 0 Å². The van der Waals surface area contributed by atoms with E-state index in [1.165, 1.54) is 4.88 Å². The molecule has 3 aromatic rings. The molecule has 0 amide bonds. The van der Waals surface area contributed by atoms with Crippen LogP contribution in [0.25, 0.3) is 0 Å². The summed E-state index contributed by atoms with van der Waals surface area (Å²) in [5.74, 6) is 0. The van der Waals surface area contributed by atoms with Crippen molar-refractivity contribution in [1.29, 1.82) is 0 Å². The predicted octanol–water partition coefficient (Wildman–Crippen LogP) is 7.17. The lowest BCUT2D eigenvalue weighted by atomic mass is 10.0. The van der Waals surface area contributed by atoms with Crippen LogP contribution in [0.4, 0.5) is 5.69 Å². The minimum atomic E-state index is 0.0445. The van der Waals surface area contributed by atoms with Gasteiger partial charge in [0.25, 0.3) is 0 Å². The first kappa shape index (κ1) is 17.1. The van der Waals surface area contributed by atoms with Gasteiger partial charge in [-0.05, 0) is 53.4 Å². The van der Waals surface area contributed by atoms with Crippen LogP contribution in [0.2, 0.25) is 10.0 Å². The summed E-state index contributed by atoms with van der Waals surface area (Å²) in [4.78, 5) is 1.19. The van der Waals surface area contributed by atoms with E-state index >= 15 is 0 Å². The van der Waals surface area contributed by atoms with E-state index in [4.69, 9.17) is 28.3 Å². The van der Waals surface area contributed by atoms with Crippen LogP contribution in [0.3, 0.4) is 0 Å². The zero-order valence-corrected chi connectivity index (χ0v) is 16.9. The standard InChI is InChI=1S/C19H13BrCl2N2S/c20-12-3-6-14(7-4-12)24-18(15-8-5-13(21)10-16(15)22)11-17(23-24)19-2-1-9-25-19/h1-10,18H,11H2/t18-/m1/s1. The van der Waals surface area contributed by atoms with E-state index in [1.807, 2.05) is 24.3 Å². The number of thiophene rings is 1. The largest absolute Gasteiger partial charge is 0.257 e. The normalized spacial score (nSPS) is 17.0. The maximum atomic E-state index is 6.49. The highest BCUT2D eigenvalue weighted by Crippen LogP contribution is 2.40. The van der Waals surface area contributed by atoms with E-state index in [9.17, 15) is 0 Å². The highest BCUT2D eigenvalue weighted by molar-refractivity contribution is 9.10. The second-order valence-electron chi connectivity index (χ2n) is 5.73. The number of halogens is 3. The molecule has 0 radical (unpaired) electrons. The van der Waals surface area contributed by atoms with Gasteiger partial charge >= 0.3 is 0 Å². The van der Waals surface area contributed by atoms with Crippen LogP contribution in [0.5, 0.6) is 0 Å². The van der Waals surface area contributed by atoms with Crippen molar-refractivity contribution in [2.24, 2.45) is 5.10 Å². The minimum absolute atomic E-state index is 0.0445. The first-order chi connectivity index (χ1) is 12.1. The van der Waals surface area contributed by atoms with Crippen LogP contribution < -0.4 is 5.01 Å². The van der Waals surface area contributed by atoms with Gasteiger partial charge in [-0.25, -0.2) is 0 Å². The molecule has 126 valence electrons. The zero-order valence-electron chi connectivity index (χ0n) is 13.0. The molecule has 0 bridgehead atoms. The van der Waals surface area contributed by atoms with Gasteiger partial charge in [0, 0.05) is 20.9 Å². The Bertz CT molecular complexity index is 923. The van der Waals surface area contributed by atoms with Crippen molar-refractivity contribution in [1.82, 2.24) is 0 Å². The Balaban J connectivity index is 1.77. The van der Waals surface area contributed by atoms with E-state index < -0.39 is 0 Å². The molecule has 2 nitrogen and oxygen atoms in total. The third kappa shape index (κ3) is 3.49. The lowest BCUT2D eigenvalue weighted by Gasteiger charge is -2.25. The summed E-state index contributed by atoms with van der Waals surface area (Å²) in [7, 11) is 0. The molecule has 0 saturated heterocycles. The first-order valence-electron chi connectivity index (χ1n) is 7.73. The van der Waals surface area contributed by atoms with Crippen molar-refractivity contribution in [2.75, 3.05) is 5.01 Å². The highest BCUT2D eigenvalue weighted by Gasteiger charge is 2.31. The maximum absolute atomic E-state index is 6.49. The van der Waals surface area contributed by atoms with Crippen molar-refractivity contribution in [3.63, 3.8) is 0 Å². The van der Waals surface area contributed by atoms with Crippen LogP contribution in [0, 0.1) is 0 Å². The summed E-state index contributed by atoms with van der Waals surface area (Å²) < 4.78 is 1.04. The summed E-state index contributed by atoms with van der Waals surface area (Å²) in [6, 6.07) is 18.0. The number of rotatable bonds is 3. The summed E-state index contributed by atoms with van der Waals surface area (Å²) in [5.41, 5.74) is 3.14. The van der Waals surface area contributed by atoms with Crippen molar-refractivity contribution >= 4 is 61.9 Å². The van der Waals surface area contributed by atoms with Gasteiger partial charge in [-0.1, -0.05) is 51.3 Å². The molecule has 0 spiro atoms. The Morgan fingerprint density at radius 2 is 1.88 bits per heavy atom. The molecular formula is C19H13BrCl2N2S. The van der Waals surface area contributed by atoms with Crippen LogP contribution in [0.1, 0.15) is 22.9 Å². The van der Waals surface area contributed by atoms with E-state index in [0.717, 1.165) is 27.9 Å². The molecule has 2 heterocycles. The lowest BCUT2D eigenvalue weighted by molar-refractivity contribution is 0.709. The predicted molar refractivity (Wildman–Crippen MR) is 111 cm³/mol. The van der Waals surface area contributed by atoms with Gasteiger partial charge < -0.3 is 0 Å². The monoisotopic (exact) mass is 450 g/mol. The number of benzene rings is 2. The lowest BCUT2D eigenvalue weighted by Crippen LogP contribution is -2.18. The Hall–Kier alpha value is -1.33. The molecule has 2 aromatic carbocycles. The van der Waals surface area contributed by atoms with Crippen molar-refractivity contribution < 1.29 is 0 Å². The fraction of sp³-hybridized carbons (Fsp3) is 0.105. The molecule has 1 atom stereocenters. The molecule has 0 fully saturated rings. The Morgan fingerprint density at radius 3 is 2.56 bits per heavy atom. The number of hydrogen-bond donors (Lipinski definition) is 0. The summed E-state index contributed by atoms with van der Waals surface area (Å²) in [5, 5.41) is 10.3. The second kappa shape index (κ2) is 7.12. The Labute approximate surface area is 168 Å². The quantitative estimate of drug-likeness (QED) is 0.411. The third-order valence-corrected chi connectivity index (χ3v) is 6.14. The van der Waals surface area contributed by atoms with Gasteiger partial charge in [-0.15, -0.1) is 11.3 Å². The average Bonchev–Trinajstić information content (AvgIpc) is 3.25. The van der Waals surface area contributed by atoms with E-state index in [-0.39, 0.29) is 6.04 Å². The summed E-state index contributed by atoms with van der Waals surface area (Å²) in [6.45, 7) is 0. The topological polar surface area (TPSA) is 15.6 Å². The zero-order chi connectivity index (χ0) is 17.4. The summed E-state index contributed by atoms with van der Waals surface area (Å²) >= 11 is 17.8. The third-order valence-electron chi connectivity index (χ3n) is 4.13. The summed E-state index contributed by atoms with van der Waals surface area (Å²) in [6.07, 6.45) is 0.804. The molecular weight excluding hydrogens is 439 g/mol. The first-order valence-corrected chi connectivity index (χ1v) is 10.2. The van der Waals surface area contributed by atoms with Gasteiger partial charge in [0.15, 0.2) is 0 Å².